The molecule has 0 amide bonds. The Morgan fingerprint density at radius 1 is 0.962 bits per heavy atom. The van der Waals surface area contributed by atoms with E-state index in [2.05, 4.69) is 43.9 Å². The van der Waals surface area contributed by atoms with Crippen LogP contribution in [-0.4, -0.2) is 56.3 Å². The number of aromatic nitrogens is 4. The lowest BCUT2D eigenvalue weighted by Crippen LogP contribution is -2.45. The van der Waals surface area contributed by atoms with Gasteiger partial charge in [-0.15, -0.1) is 0 Å². The Morgan fingerprint density at radius 2 is 1.62 bits per heavy atom. The van der Waals surface area contributed by atoms with Gasteiger partial charge in [-0.2, -0.15) is 9.97 Å². The van der Waals surface area contributed by atoms with E-state index in [4.69, 9.17) is 13.5 Å². The third kappa shape index (κ3) is 3.83. The van der Waals surface area contributed by atoms with Gasteiger partial charge in [-0.3, -0.25) is 9.80 Å². The van der Waals surface area contributed by atoms with Crippen LogP contribution in [-0.2, 0) is 13.1 Å². The highest BCUT2D eigenvalue weighted by atomic mass is 16.5. The smallest absolute Gasteiger partial charge is 0.241 e. The standard InChI is InChI=1S/C17H22N6O3/c1-12(2)16-18-14(25-20-16)10-22-5-7-23(8-6-22)11-15-19-17(21-26-15)13-4-3-9-24-13/h3-4,9,12H,5-8,10-11H2,1-2H3. The Bertz CT molecular complexity index is 817. The van der Waals surface area contributed by atoms with Crippen LogP contribution in [0, 0.1) is 0 Å². The van der Waals surface area contributed by atoms with Gasteiger partial charge in [0, 0.05) is 32.1 Å². The van der Waals surface area contributed by atoms with Crippen LogP contribution in [0.4, 0.5) is 0 Å². The summed E-state index contributed by atoms with van der Waals surface area (Å²) in [7, 11) is 0. The second-order valence-corrected chi connectivity index (χ2v) is 6.74. The average molecular weight is 358 g/mol. The molecule has 1 saturated heterocycles. The molecule has 1 aliphatic rings. The van der Waals surface area contributed by atoms with Crippen molar-refractivity contribution in [3.63, 3.8) is 0 Å². The summed E-state index contributed by atoms with van der Waals surface area (Å²) in [6.07, 6.45) is 1.60. The molecule has 0 aliphatic carbocycles. The molecular formula is C17H22N6O3. The van der Waals surface area contributed by atoms with Crippen LogP contribution in [0.1, 0.15) is 37.4 Å². The molecule has 0 bridgehead atoms. The quantitative estimate of drug-likeness (QED) is 0.656. The summed E-state index contributed by atoms with van der Waals surface area (Å²) in [5, 5.41) is 7.98. The third-order valence-corrected chi connectivity index (χ3v) is 4.39. The largest absolute Gasteiger partial charge is 0.461 e. The molecule has 3 aromatic heterocycles. The zero-order valence-corrected chi connectivity index (χ0v) is 15.0. The van der Waals surface area contributed by atoms with Crippen LogP contribution in [0.15, 0.2) is 31.9 Å². The number of nitrogens with zero attached hydrogens (tertiary/aromatic N) is 6. The second-order valence-electron chi connectivity index (χ2n) is 6.74. The number of piperazine rings is 1. The summed E-state index contributed by atoms with van der Waals surface area (Å²) >= 11 is 0. The first-order valence-corrected chi connectivity index (χ1v) is 8.81. The summed E-state index contributed by atoms with van der Waals surface area (Å²) in [5.41, 5.74) is 0. The van der Waals surface area contributed by atoms with Crippen molar-refractivity contribution in [3.8, 4) is 11.6 Å². The zero-order chi connectivity index (χ0) is 17.9. The van der Waals surface area contributed by atoms with Crippen molar-refractivity contribution in [1.29, 1.82) is 0 Å². The van der Waals surface area contributed by atoms with Crippen molar-refractivity contribution in [1.82, 2.24) is 30.1 Å². The highest BCUT2D eigenvalue weighted by Gasteiger charge is 2.21. The summed E-state index contributed by atoms with van der Waals surface area (Å²) < 4.78 is 15.9. The zero-order valence-electron chi connectivity index (χ0n) is 15.0. The van der Waals surface area contributed by atoms with Gasteiger partial charge in [-0.1, -0.05) is 24.2 Å². The predicted molar refractivity (Wildman–Crippen MR) is 90.9 cm³/mol. The van der Waals surface area contributed by atoms with Crippen molar-refractivity contribution in [3.05, 3.63) is 36.0 Å². The van der Waals surface area contributed by atoms with Crippen LogP contribution in [0.2, 0.25) is 0 Å². The molecule has 1 fully saturated rings. The van der Waals surface area contributed by atoms with Gasteiger partial charge >= 0.3 is 0 Å². The van der Waals surface area contributed by atoms with Crippen LogP contribution in [0.25, 0.3) is 11.6 Å². The van der Waals surface area contributed by atoms with Gasteiger partial charge in [-0.05, 0) is 12.1 Å². The number of hydrogen-bond acceptors (Lipinski definition) is 9. The SMILES string of the molecule is CC(C)c1noc(CN2CCN(Cc3nc(-c4ccco4)no3)CC2)n1. The van der Waals surface area contributed by atoms with Gasteiger partial charge in [0.1, 0.15) is 0 Å². The van der Waals surface area contributed by atoms with Gasteiger partial charge in [0.25, 0.3) is 0 Å². The van der Waals surface area contributed by atoms with Crippen molar-refractivity contribution >= 4 is 0 Å². The molecule has 9 heteroatoms. The first-order valence-electron chi connectivity index (χ1n) is 8.81. The average Bonchev–Trinajstić information content (AvgIpc) is 3.38. The maximum absolute atomic E-state index is 5.33. The minimum absolute atomic E-state index is 0.282. The topological polar surface area (TPSA) is 97.5 Å². The number of hydrogen-bond donors (Lipinski definition) is 0. The fourth-order valence-corrected chi connectivity index (χ4v) is 2.88. The monoisotopic (exact) mass is 358 g/mol. The van der Waals surface area contributed by atoms with Gasteiger partial charge in [-0.25, -0.2) is 0 Å². The molecule has 26 heavy (non-hydrogen) atoms. The molecule has 4 heterocycles. The molecule has 0 atom stereocenters. The maximum atomic E-state index is 5.33. The van der Waals surface area contributed by atoms with E-state index >= 15 is 0 Å². The molecule has 0 spiro atoms. The molecule has 0 N–H and O–H groups in total. The van der Waals surface area contributed by atoms with Crippen molar-refractivity contribution < 1.29 is 13.5 Å². The second kappa shape index (κ2) is 7.38. The Morgan fingerprint density at radius 3 is 2.19 bits per heavy atom. The number of rotatable bonds is 6. The molecule has 0 radical (unpaired) electrons. The van der Waals surface area contributed by atoms with Crippen LogP contribution < -0.4 is 0 Å². The molecule has 138 valence electrons. The molecule has 3 aromatic rings. The van der Waals surface area contributed by atoms with Gasteiger partial charge < -0.3 is 13.5 Å². The number of furan rings is 1. The van der Waals surface area contributed by atoms with Crippen LogP contribution in [0.5, 0.6) is 0 Å². The molecule has 4 rings (SSSR count). The Labute approximate surface area is 151 Å². The lowest BCUT2D eigenvalue weighted by Gasteiger charge is -2.32. The van der Waals surface area contributed by atoms with E-state index in [1.165, 1.54) is 0 Å². The van der Waals surface area contributed by atoms with Gasteiger partial charge in [0.2, 0.25) is 17.6 Å². The first kappa shape index (κ1) is 16.9. The fraction of sp³-hybridized carbons (Fsp3) is 0.529. The van der Waals surface area contributed by atoms with E-state index in [1.54, 1.807) is 12.3 Å². The van der Waals surface area contributed by atoms with Gasteiger partial charge in [0.15, 0.2) is 11.6 Å². The Kier molecular flexibility index (Phi) is 4.81. The van der Waals surface area contributed by atoms with Crippen LogP contribution >= 0.6 is 0 Å². The predicted octanol–water partition coefficient (Wildman–Crippen LogP) is 2.15. The molecule has 0 aromatic carbocycles. The van der Waals surface area contributed by atoms with E-state index < -0.39 is 0 Å². The Hall–Kier alpha value is -2.52. The summed E-state index contributed by atoms with van der Waals surface area (Å²) in [5.74, 6) is 3.43. The molecule has 1 aliphatic heterocycles. The highest BCUT2D eigenvalue weighted by molar-refractivity contribution is 5.44. The maximum Gasteiger partial charge on any atom is 0.241 e. The molecule has 9 nitrogen and oxygen atoms in total. The van der Waals surface area contributed by atoms with Crippen LogP contribution in [0.3, 0.4) is 0 Å². The third-order valence-electron chi connectivity index (χ3n) is 4.39. The van der Waals surface area contributed by atoms with E-state index in [9.17, 15) is 0 Å². The highest BCUT2D eigenvalue weighted by Crippen LogP contribution is 2.17. The first-order chi connectivity index (χ1) is 12.7. The minimum atomic E-state index is 0.282. The molecule has 0 unspecified atom stereocenters. The summed E-state index contributed by atoms with van der Waals surface area (Å²) in [6, 6.07) is 3.62. The van der Waals surface area contributed by atoms with Gasteiger partial charge in [0.05, 0.1) is 19.4 Å². The van der Waals surface area contributed by atoms with E-state index in [0.29, 0.717) is 36.5 Å². The summed E-state index contributed by atoms with van der Waals surface area (Å²) in [6.45, 7) is 9.14. The lowest BCUT2D eigenvalue weighted by atomic mass is 10.2. The molecule has 0 saturated carbocycles. The van der Waals surface area contributed by atoms with E-state index in [0.717, 1.165) is 32.0 Å². The van der Waals surface area contributed by atoms with E-state index in [1.807, 2.05) is 6.07 Å². The van der Waals surface area contributed by atoms with Crippen molar-refractivity contribution in [2.75, 3.05) is 26.2 Å². The normalized spacial score (nSPS) is 16.6. The van der Waals surface area contributed by atoms with E-state index in [-0.39, 0.29) is 5.92 Å². The van der Waals surface area contributed by atoms with Crippen molar-refractivity contribution in [2.24, 2.45) is 0 Å². The minimum Gasteiger partial charge on any atom is -0.461 e. The fourth-order valence-electron chi connectivity index (χ4n) is 2.88. The summed E-state index contributed by atoms with van der Waals surface area (Å²) in [4.78, 5) is 13.4. The van der Waals surface area contributed by atoms with Crippen molar-refractivity contribution in [2.45, 2.75) is 32.9 Å². The Balaban J connectivity index is 1.27. The molecular weight excluding hydrogens is 336 g/mol. The lowest BCUT2D eigenvalue weighted by molar-refractivity contribution is 0.103.